The molecule has 31 heavy (non-hydrogen) atoms. The number of nitrogens with zero attached hydrogens (tertiary/aromatic N) is 5. The third-order valence-electron chi connectivity index (χ3n) is 6.03. The lowest BCUT2D eigenvalue weighted by Gasteiger charge is -2.24. The zero-order valence-electron chi connectivity index (χ0n) is 18.0. The van der Waals surface area contributed by atoms with Crippen molar-refractivity contribution in [1.82, 2.24) is 24.1 Å². The molecule has 1 fully saturated rings. The van der Waals surface area contributed by atoms with Gasteiger partial charge in [0.1, 0.15) is 11.6 Å². The van der Waals surface area contributed by atoms with E-state index in [-0.39, 0.29) is 23.7 Å². The maximum Gasteiger partial charge on any atom is 0.203 e. The van der Waals surface area contributed by atoms with Crippen molar-refractivity contribution in [3.8, 4) is 5.69 Å². The predicted molar refractivity (Wildman–Crippen MR) is 120 cm³/mol. The highest BCUT2D eigenvalue weighted by Gasteiger charge is 2.28. The number of benzene rings is 2. The Kier molecular flexibility index (Phi) is 6.31. The SMILES string of the molecule is CC(c1nn(CN2CCCC2c2ccc(F)cc2)c(=S)n1-c1ccc(F)cc1)N(C)C. The molecule has 0 spiro atoms. The van der Waals surface area contributed by atoms with Crippen LogP contribution in [0, 0.1) is 16.4 Å². The van der Waals surface area contributed by atoms with E-state index in [2.05, 4.69) is 16.7 Å². The molecule has 164 valence electrons. The number of likely N-dealkylation sites (tertiary alicyclic amines) is 1. The van der Waals surface area contributed by atoms with E-state index in [0.717, 1.165) is 36.5 Å². The van der Waals surface area contributed by atoms with Gasteiger partial charge in [-0.1, -0.05) is 12.1 Å². The smallest absolute Gasteiger partial charge is 0.203 e. The Balaban J connectivity index is 1.70. The maximum atomic E-state index is 13.5. The molecule has 2 aromatic carbocycles. The predicted octanol–water partition coefficient (Wildman–Crippen LogP) is 5.10. The molecule has 8 heteroatoms. The number of halogens is 2. The number of rotatable bonds is 6. The van der Waals surface area contributed by atoms with Crippen LogP contribution in [-0.2, 0) is 6.67 Å². The zero-order valence-corrected chi connectivity index (χ0v) is 18.8. The largest absolute Gasteiger partial charge is 0.300 e. The van der Waals surface area contributed by atoms with Gasteiger partial charge in [-0.15, -0.1) is 0 Å². The van der Waals surface area contributed by atoms with Gasteiger partial charge in [0.25, 0.3) is 0 Å². The second kappa shape index (κ2) is 8.98. The summed E-state index contributed by atoms with van der Waals surface area (Å²) < 4.78 is 31.2. The Morgan fingerprint density at radius 1 is 1.06 bits per heavy atom. The number of hydrogen-bond acceptors (Lipinski definition) is 4. The molecule has 3 aromatic rings. The van der Waals surface area contributed by atoms with E-state index in [4.69, 9.17) is 17.3 Å². The van der Waals surface area contributed by atoms with Crippen LogP contribution in [0.25, 0.3) is 5.69 Å². The molecule has 0 aliphatic carbocycles. The van der Waals surface area contributed by atoms with Crippen molar-refractivity contribution in [3.05, 3.63) is 76.3 Å². The Hall–Kier alpha value is -2.42. The van der Waals surface area contributed by atoms with Crippen LogP contribution >= 0.6 is 12.2 Å². The van der Waals surface area contributed by atoms with Crippen molar-refractivity contribution in [2.24, 2.45) is 0 Å². The summed E-state index contributed by atoms with van der Waals surface area (Å²) in [7, 11) is 3.99. The summed E-state index contributed by atoms with van der Waals surface area (Å²) >= 11 is 5.82. The average Bonchev–Trinajstić information content (AvgIpc) is 3.34. The van der Waals surface area contributed by atoms with E-state index in [9.17, 15) is 8.78 Å². The maximum absolute atomic E-state index is 13.5. The first kappa shape index (κ1) is 21.8. The summed E-state index contributed by atoms with van der Waals surface area (Å²) in [6.07, 6.45) is 2.08. The summed E-state index contributed by atoms with van der Waals surface area (Å²) in [6.45, 7) is 3.53. The van der Waals surface area contributed by atoms with E-state index in [1.807, 2.05) is 35.5 Å². The van der Waals surface area contributed by atoms with Crippen LogP contribution in [-0.4, -0.2) is 44.8 Å². The molecular weight excluding hydrogens is 416 g/mol. The van der Waals surface area contributed by atoms with Crippen LogP contribution < -0.4 is 0 Å². The van der Waals surface area contributed by atoms with Crippen LogP contribution in [0.4, 0.5) is 8.78 Å². The first-order valence-electron chi connectivity index (χ1n) is 10.5. The van der Waals surface area contributed by atoms with Gasteiger partial charge in [-0.2, -0.15) is 5.10 Å². The molecule has 1 saturated heterocycles. The van der Waals surface area contributed by atoms with Gasteiger partial charge in [0, 0.05) is 18.3 Å². The van der Waals surface area contributed by atoms with Crippen molar-refractivity contribution in [2.75, 3.05) is 20.6 Å². The summed E-state index contributed by atoms with van der Waals surface area (Å²) in [5.74, 6) is 0.291. The fourth-order valence-electron chi connectivity index (χ4n) is 4.08. The minimum Gasteiger partial charge on any atom is -0.300 e. The normalized spacial score (nSPS) is 18.1. The van der Waals surface area contributed by atoms with Gasteiger partial charge in [-0.25, -0.2) is 13.5 Å². The molecule has 5 nitrogen and oxygen atoms in total. The average molecular weight is 444 g/mol. The Morgan fingerprint density at radius 3 is 2.29 bits per heavy atom. The molecule has 1 aliphatic heterocycles. The van der Waals surface area contributed by atoms with E-state index < -0.39 is 0 Å². The van der Waals surface area contributed by atoms with Crippen LogP contribution in [0.5, 0.6) is 0 Å². The Morgan fingerprint density at radius 2 is 1.68 bits per heavy atom. The minimum absolute atomic E-state index is 0.0134. The summed E-state index contributed by atoms with van der Waals surface area (Å²) in [5.41, 5.74) is 1.89. The van der Waals surface area contributed by atoms with Gasteiger partial charge in [-0.05, 0) is 88.0 Å². The van der Waals surface area contributed by atoms with Gasteiger partial charge in [0.15, 0.2) is 5.82 Å². The quantitative estimate of drug-likeness (QED) is 0.496. The van der Waals surface area contributed by atoms with Gasteiger partial charge >= 0.3 is 0 Å². The molecule has 2 atom stereocenters. The van der Waals surface area contributed by atoms with Crippen molar-refractivity contribution < 1.29 is 8.78 Å². The van der Waals surface area contributed by atoms with Crippen molar-refractivity contribution in [1.29, 1.82) is 0 Å². The summed E-state index contributed by atoms with van der Waals surface area (Å²) in [6, 6.07) is 13.3. The lowest BCUT2D eigenvalue weighted by Crippen LogP contribution is -2.27. The summed E-state index contributed by atoms with van der Waals surface area (Å²) in [5, 5.41) is 4.87. The minimum atomic E-state index is -0.288. The molecule has 2 heterocycles. The van der Waals surface area contributed by atoms with Crippen LogP contribution in [0.2, 0.25) is 0 Å². The topological polar surface area (TPSA) is 29.2 Å². The monoisotopic (exact) mass is 443 g/mol. The highest BCUT2D eigenvalue weighted by molar-refractivity contribution is 7.71. The number of aromatic nitrogens is 3. The van der Waals surface area contributed by atoms with Gasteiger partial charge < -0.3 is 0 Å². The Bertz CT molecular complexity index is 1090. The first-order valence-corrected chi connectivity index (χ1v) is 10.9. The lowest BCUT2D eigenvalue weighted by molar-refractivity contribution is 0.188. The van der Waals surface area contributed by atoms with E-state index in [1.165, 1.54) is 24.3 Å². The first-order chi connectivity index (χ1) is 14.8. The fourth-order valence-corrected chi connectivity index (χ4v) is 4.38. The van der Waals surface area contributed by atoms with Gasteiger partial charge in [-0.3, -0.25) is 14.4 Å². The van der Waals surface area contributed by atoms with Gasteiger partial charge in [0.2, 0.25) is 4.77 Å². The molecule has 1 aliphatic rings. The molecule has 0 saturated carbocycles. The number of hydrogen-bond donors (Lipinski definition) is 0. The molecule has 1 aromatic heterocycles. The molecule has 0 radical (unpaired) electrons. The van der Waals surface area contributed by atoms with Crippen LogP contribution in [0.3, 0.4) is 0 Å². The molecule has 4 rings (SSSR count). The van der Waals surface area contributed by atoms with E-state index in [1.54, 1.807) is 12.1 Å². The van der Waals surface area contributed by atoms with Gasteiger partial charge in [0.05, 0.1) is 12.7 Å². The van der Waals surface area contributed by atoms with Crippen molar-refractivity contribution in [2.45, 2.75) is 38.5 Å². The summed E-state index contributed by atoms with van der Waals surface area (Å²) in [4.78, 5) is 4.40. The van der Waals surface area contributed by atoms with E-state index in [0.29, 0.717) is 11.4 Å². The van der Waals surface area contributed by atoms with Crippen molar-refractivity contribution >= 4 is 12.2 Å². The van der Waals surface area contributed by atoms with Crippen LogP contribution in [0.15, 0.2) is 48.5 Å². The van der Waals surface area contributed by atoms with Crippen molar-refractivity contribution in [3.63, 3.8) is 0 Å². The second-order valence-electron chi connectivity index (χ2n) is 8.26. The molecule has 2 unspecified atom stereocenters. The third-order valence-corrected chi connectivity index (χ3v) is 6.42. The molecule has 0 bridgehead atoms. The molecule has 0 N–H and O–H groups in total. The fraction of sp³-hybridized carbons (Fsp3) is 0.391. The standard InChI is InChI=1S/C23H27F2N5S/c1-16(27(2)3)22-26-29(23(31)30(22)20-12-10-19(25)11-13-20)15-28-14-4-5-21(28)17-6-8-18(24)9-7-17/h6-13,16,21H,4-5,14-15H2,1-3H3. The van der Waals surface area contributed by atoms with E-state index >= 15 is 0 Å². The highest BCUT2D eigenvalue weighted by Crippen LogP contribution is 2.32. The zero-order chi connectivity index (χ0) is 22.1. The third kappa shape index (κ3) is 4.46. The molecule has 0 amide bonds. The second-order valence-corrected chi connectivity index (χ2v) is 8.62. The van der Waals surface area contributed by atoms with Crippen LogP contribution in [0.1, 0.15) is 43.2 Å². The lowest BCUT2D eigenvalue weighted by atomic mass is 10.0. The highest BCUT2D eigenvalue weighted by atomic mass is 32.1. The molecular formula is C23H27F2N5S. The Labute approximate surface area is 186 Å².